The molecule has 1 N–H and O–H groups in total. The number of nitro groups is 1. The van der Waals surface area contributed by atoms with Gasteiger partial charge in [0.15, 0.2) is 18.1 Å². The van der Waals surface area contributed by atoms with Crippen molar-refractivity contribution in [3.63, 3.8) is 0 Å². The van der Waals surface area contributed by atoms with E-state index in [0.29, 0.717) is 6.07 Å². The fraction of sp³-hybridized carbons (Fsp3) is 0.263. The number of esters is 1. The predicted octanol–water partition coefficient (Wildman–Crippen LogP) is 3.43. The zero-order valence-electron chi connectivity index (χ0n) is 16.9. The van der Waals surface area contributed by atoms with E-state index in [4.69, 9.17) is 18.9 Å². The van der Waals surface area contributed by atoms with E-state index in [9.17, 15) is 32.9 Å². The van der Waals surface area contributed by atoms with Crippen LogP contribution in [0.2, 0.25) is 0 Å². The minimum absolute atomic E-state index is 0.0483. The van der Waals surface area contributed by atoms with Gasteiger partial charge in [-0.1, -0.05) is 0 Å². The molecule has 0 aliphatic rings. The number of hydrogen-bond acceptors (Lipinski definition) is 8. The number of carbonyl (C=O) groups excluding carboxylic acids is 2. The SMILES string of the molecule is COc1cc(C(=O)OCC(=O)Nc2ccc(C(F)(F)F)cc2[N+](=O)[O-])cc(OC)c1OC. The third kappa shape index (κ3) is 5.56. The lowest BCUT2D eigenvalue weighted by molar-refractivity contribution is -0.384. The van der Waals surface area contributed by atoms with Gasteiger partial charge in [-0.15, -0.1) is 0 Å². The Morgan fingerprint density at radius 2 is 1.62 bits per heavy atom. The number of benzene rings is 2. The fourth-order valence-corrected chi connectivity index (χ4v) is 2.56. The summed E-state index contributed by atoms with van der Waals surface area (Å²) in [5, 5.41) is 13.1. The van der Waals surface area contributed by atoms with Crippen molar-refractivity contribution < 1.29 is 46.6 Å². The third-order valence-electron chi connectivity index (χ3n) is 4.03. The van der Waals surface area contributed by atoms with Crippen LogP contribution in [0.15, 0.2) is 30.3 Å². The molecule has 0 saturated heterocycles. The summed E-state index contributed by atoms with van der Waals surface area (Å²) in [6, 6.07) is 4.16. The van der Waals surface area contributed by atoms with Crippen molar-refractivity contribution in [2.45, 2.75) is 6.18 Å². The molecule has 2 aromatic carbocycles. The quantitative estimate of drug-likeness (QED) is 0.362. The predicted molar refractivity (Wildman–Crippen MR) is 103 cm³/mol. The van der Waals surface area contributed by atoms with Gasteiger partial charge in [-0.05, 0) is 24.3 Å². The minimum atomic E-state index is -4.80. The summed E-state index contributed by atoms with van der Waals surface area (Å²) in [6.45, 7) is -0.867. The summed E-state index contributed by atoms with van der Waals surface area (Å²) in [5.41, 5.74) is -2.76. The molecule has 0 heterocycles. The Labute approximate surface area is 179 Å². The molecule has 0 fully saturated rings. The van der Waals surface area contributed by atoms with Crippen molar-refractivity contribution in [3.8, 4) is 17.2 Å². The molecular weight excluding hydrogens is 441 g/mol. The molecule has 32 heavy (non-hydrogen) atoms. The van der Waals surface area contributed by atoms with Crippen LogP contribution in [0.4, 0.5) is 24.5 Å². The summed E-state index contributed by atoms with van der Waals surface area (Å²) in [4.78, 5) is 34.3. The van der Waals surface area contributed by atoms with Crippen LogP contribution in [0.25, 0.3) is 0 Å². The van der Waals surface area contributed by atoms with E-state index in [1.54, 1.807) is 0 Å². The summed E-state index contributed by atoms with van der Waals surface area (Å²) in [6.07, 6.45) is -4.80. The van der Waals surface area contributed by atoms with Gasteiger partial charge in [0.05, 0.1) is 37.4 Å². The van der Waals surface area contributed by atoms with Crippen LogP contribution in [0.5, 0.6) is 17.2 Å². The number of nitro benzene ring substituents is 1. The standard InChI is InChI=1S/C19H17F3N2O8/c1-29-14-6-10(7-15(30-2)17(14)31-3)18(26)32-9-16(25)23-12-5-4-11(19(20,21)22)8-13(12)24(27)28/h4-8H,9H2,1-3H3,(H,23,25). The zero-order valence-corrected chi connectivity index (χ0v) is 16.9. The Balaban J connectivity index is 2.14. The van der Waals surface area contributed by atoms with Crippen LogP contribution >= 0.6 is 0 Å². The van der Waals surface area contributed by atoms with Crippen molar-refractivity contribution in [2.75, 3.05) is 33.3 Å². The maximum atomic E-state index is 12.8. The topological polar surface area (TPSA) is 126 Å². The number of nitrogens with zero attached hydrogens (tertiary/aromatic N) is 1. The molecule has 2 aromatic rings. The molecule has 0 aliphatic heterocycles. The van der Waals surface area contributed by atoms with Crippen molar-refractivity contribution in [1.82, 2.24) is 0 Å². The number of rotatable bonds is 8. The molecule has 0 spiro atoms. The number of anilines is 1. The van der Waals surface area contributed by atoms with Gasteiger partial charge in [0, 0.05) is 6.07 Å². The zero-order chi connectivity index (χ0) is 24.1. The molecule has 2 rings (SSSR count). The second-order valence-electron chi connectivity index (χ2n) is 6.03. The van der Waals surface area contributed by atoms with E-state index in [1.807, 2.05) is 5.32 Å². The second kappa shape index (κ2) is 9.85. The van der Waals surface area contributed by atoms with Gasteiger partial charge >= 0.3 is 12.1 Å². The molecule has 0 aromatic heterocycles. The molecule has 0 unspecified atom stereocenters. The molecule has 0 bridgehead atoms. The molecule has 1 amide bonds. The van der Waals surface area contributed by atoms with Crippen LogP contribution in [-0.2, 0) is 15.7 Å². The number of halogens is 3. The molecule has 13 heteroatoms. The van der Waals surface area contributed by atoms with E-state index in [1.165, 1.54) is 33.5 Å². The van der Waals surface area contributed by atoms with E-state index >= 15 is 0 Å². The van der Waals surface area contributed by atoms with Gasteiger partial charge in [0.25, 0.3) is 11.6 Å². The maximum Gasteiger partial charge on any atom is 0.416 e. The van der Waals surface area contributed by atoms with Gasteiger partial charge in [-0.3, -0.25) is 14.9 Å². The molecule has 0 radical (unpaired) electrons. The largest absolute Gasteiger partial charge is 0.493 e. The molecule has 172 valence electrons. The highest BCUT2D eigenvalue weighted by molar-refractivity contribution is 5.97. The van der Waals surface area contributed by atoms with Crippen LogP contribution in [0.3, 0.4) is 0 Å². The van der Waals surface area contributed by atoms with Gasteiger partial charge < -0.3 is 24.3 Å². The van der Waals surface area contributed by atoms with Crippen LogP contribution in [0.1, 0.15) is 15.9 Å². The van der Waals surface area contributed by atoms with Crippen molar-refractivity contribution in [3.05, 3.63) is 51.6 Å². The highest BCUT2D eigenvalue weighted by Crippen LogP contribution is 2.38. The summed E-state index contributed by atoms with van der Waals surface area (Å²) >= 11 is 0. The van der Waals surface area contributed by atoms with Gasteiger partial charge in [-0.25, -0.2) is 4.79 Å². The number of hydrogen-bond donors (Lipinski definition) is 1. The lowest BCUT2D eigenvalue weighted by Crippen LogP contribution is -2.21. The summed E-state index contributed by atoms with van der Waals surface area (Å²) in [7, 11) is 4.02. The Hall–Kier alpha value is -4.03. The van der Waals surface area contributed by atoms with Gasteiger partial charge in [0.2, 0.25) is 5.75 Å². The van der Waals surface area contributed by atoms with Crippen molar-refractivity contribution in [1.29, 1.82) is 0 Å². The van der Waals surface area contributed by atoms with Crippen LogP contribution in [-0.4, -0.2) is 44.7 Å². The van der Waals surface area contributed by atoms with E-state index in [-0.39, 0.29) is 28.9 Å². The average Bonchev–Trinajstić information content (AvgIpc) is 2.75. The first-order valence-corrected chi connectivity index (χ1v) is 8.64. The first kappa shape index (κ1) is 24.2. The highest BCUT2D eigenvalue weighted by atomic mass is 19.4. The Morgan fingerprint density at radius 3 is 2.09 bits per heavy atom. The molecule has 0 aliphatic carbocycles. The molecular formula is C19H17F3N2O8. The first-order valence-electron chi connectivity index (χ1n) is 8.64. The summed E-state index contributed by atoms with van der Waals surface area (Å²) < 4.78 is 58.5. The molecule has 10 nitrogen and oxygen atoms in total. The van der Waals surface area contributed by atoms with Gasteiger partial charge in [0.1, 0.15) is 5.69 Å². The van der Waals surface area contributed by atoms with Crippen molar-refractivity contribution >= 4 is 23.3 Å². The smallest absolute Gasteiger partial charge is 0.416 e. The lowest BCUT2D eigenvalue weighted by atomic mass is 10.1. The molecule has 0 atom stereocenters. The van der Waals surface area contributed by atoms with Crippen LogP contribution < -0.4 is 19.5 Å². The monoisotopic (exact) mass is 458 g/mol. The van der Waals surface area contributed by atoms with Crippen molar-refractivity contribution in [2.24, 2.45) is 0 Å². The first-order chi connectivity index (χ1) is 15.0. The molecule has 0 saturated carbocycles. The number of carbonyl (C=O) groups is 2. The van der Waals surface area contributed by atoms with E-state index < -0.39 is 46.5 Å². The lowest BCUT2D eigenvalue weighted by Gasteiger charge is -2.14. The number of alkyl halides is 3. The normalized spacial score (nSPS) is 10.8. The Bertz CT molecular complexity index is 1010. The Morgan fingerprint density at radius 1 is 1.03 bits per heavy atom. The maximum absolute atomic E-state index is 12.8. The summed E-state index contributed by atoms with van der Waals surface area (Å²) in [5.74, 6) is -1.43. The average molecular weight is 458 g/mol. The fourth-order valence-electron chi connectivity index (χ4n) is 2.56. The Kier molecular flexibility index (Phi) is 7.46. The highest BCUT2D eigenvalue weighted by Gasteiger charge is 2.33. The minimum Gasteiger partial charge on any atom is -0.493 e. The number of nitrogens with one attached hydrogen (secondary N) is 1. The number of ether oxygens (including phenoxy) is 4. The van der Waals surface area contributed by atoms with Gasteiger partial charge in [-0.2, -0.15) is 13.2 Å². The second-order valence-corrected chi connectivity index (χ2v) is 6.03. The van der Waals surface area contributed by atoms with E-state index in [0.717, 1.165) is 6.07 Å². The van der Waals surface area contributed by atoms with E-state index in [2.05, 4.69) is 0 Å². The number of methoxy groups -OCH3 is 3. The van der Waals surface area contributed by atoms with Crippen LogP contribution in [0, 0.1) is 10.1 Å². The number of amides is 1. The third-order valence-corrected chi connectivity index (χ3v) is 4.03.